The molecule has 3 saturated heterocycles. The second kappa shape index (κ2) is 6.45. The highest BCUT2D eigenvalue weighted by atomic mass is 16.5. The van der Waals surface area contributed by atoms with Crippen LogP contribution in [0.3, 0.4) is 0 Å². The van der Waals surface area contributed by atoms with Gasteiger partial charge in [0.05, 0.1) is 30.4 Å². The molecule has 0 aromatic heterocycles. The molecule has 3 aliphatic rings. The molecule has 1 aromatic carbocycles. The topological polar surface area (TPSA) is 65.7 Å². The highest BCUT2D eigenvalue weighted by Gasteiger charge is 2.55. The highest BCUT2D eigenvalue weighted by molar-refractivity contribution is 5.37. The summed E-state index contributed by atoms with van der Waals surface area (Å²) in [5.41, 5.74) is 1.13. The van der Waals surface area contributed by atoms with E-state index in [4.69, 9.17) is 9.47 Å². The van der Waals surface area contributed by atoms with Crippen LogP contribution in [0.2, 0.25) is 0 Å². The van der Waals surface area contributed by atoms with Gasteiger partial charge in [-0.15, -0.1) is 0 Å². The van der Waals surface area contributed by atoms with Gasteiger partial charge in [0.1, 0.15) is 0 Å². The number of piperidine rings is 1. The third kappa shape index (κ3) is 2.64. The summed E-state index contributed by atoms with van der Waals surface area (Å²) in [6.07, 6.45) is 1.64. The van der Waals surface area contributed by atoms with E-state index in [1.54, 1.807) is 0 Å². The Balaban J connectivity index is 1.62. The average Bonchev–Trinajstić information content (AvgIpc) is 2.63. The molecule has 128 valence electrons. The number of likely N-dealkylation sites (tertiary alicyclic amines) is 1. The fourth-order valence-electron chi connectivity index (χ4n) is 4.74. The van der Waals surface area contributed by atoms with Gasteiger partial charge >= 0.3 is 0 Å². The van der Waals surface area contributed by atoms with E-state index in [1.807, 2.05) is 24.3 Å². The molecule has 3 aliphatic heterocycles. The lowest BCUT2D eigenvalue weighted by atomic mass is 9.66. The number of nitriles is 1. The van der Waals surface area contributed by atoms with Gasteiger partial charge in [0.2, 0.25) is 0 Å². The summed E-state index contributed by atoms with van der Waals surface area (Å²) in [5.74, 6) is 0.242. The minimum absolute atomic E-state index is 0.114. The molecule has 4 rings (SSSR count). The first kappa shape index (κ1) is 16.0. The Labute approximate surface area is 142 Å². The number of benzene rings is 1. The summed E-state index contributed by atoms with van der Waals surface area (Å²) < 4.78 is 11.4. The van der Waals surface area contributed by atoms with Crippen LogP contribution in [0.25, 0.3) is 0 Å². The molecule has 0 bridgehead atoms. The molecule has 0 unspecified atom stereocenters. The third-order valence-electron chi connectivity index (χ3n) is 6.07. The van der Waals surface area contributed by atoms with Gasteiger partial charge in [-0.05, 0) is 18.1 Å². The maximum absolute atomic E-state index is 11.3. The van der Waals surface area contributed by atoms with Gasteiger partial charge in [0.15, 0.2) is 0 Å². The predicted molar refractivity (Wildman–Crippen MR) is 88.2 cm³/mol. The first-order valence-corrected chi connectivity index (χ1v) is 8.82. The van der Waals surface area contributed by atoms with Gasteiger partial charge in [-0.3, -0.25) is 4.90 Å². The minimum Gasteiger partial charge on any atom is -0.389 e. The van der Waals surface area contributed by atoms with Crippen LogP contribution in [-0.4, -0.2) is 54.6 Å². The maximum Gasteiger partial charge on any atom is 0.0995 e. The largest absolute Gasteiger partial charge is 0.389 e. The second-order valence-corrected chi connectivity index (χ2v) is 7.25. The van der Waals surface area contributed by atoms with Crippen molar-refractivity contribution in [1.29, 1.82) is 5.26 Å². The SMILES string of the molecule is N#Cc1ccccc1CN1C[C@@H]2COCC[C@]2(O)[C@H]2COCC[C@H]21. The normalized spacial score (nSPS) is 36.4. The monoisotopic (exact) mass is 328 g/mol. The van der Waals surface area contributed by atoms with Crippen LogP contribution in [0.15, 0.2) is 24.3 Å². The number of fused-ring (bicyclic) bond motifs is 3. The van der Waals surface area contributed by atoms with Gasteiger partial charge in [-0.2, -0.15) is 5.26 Å². The fraction of sp³-hybridized carbons (Fsp3) is 0.632. The molecular weight excluding hydrogens is 304 g/mol. The lowest BCUT2D eigenvalue weighted by Crippen LogP contribution is -2.67. The molecule has 0 saturated carbocycles. The highest BCUT2D eigenvalue weighted by Crippen LogP contribution is 2.44. The number of hydrogen-bond acceptors (Lipinski definition) is 5. The summed E-state index contributed by atoms with van der Waals surface area (Å²) in [5, 5.41) is 20.7. The van der Waals surface area contributed by atoms with Crippen molar-refractivity contribution in [2.75, 3.05) is 33.0 Å². The number of nitrogens with zero attached hydrogens (tertiary/aromatic N) is 2. The van der Waals surface area contributed by atoms with E-state index in [1.165, 1.54) is 0 Å². The van der Waals surface area contributed by atoms with Gasteiger partial charge < -0.3 is 14.6 Å². The first-order chi connectivity index (χ1) is 11.7. The number of rotatable bonds is 2. The molecule has 0 amide bonds. The van der Waals surface area contributed by atoms with Crippen LogP contribution in [0, 0.1) is 23.2 Å². The Morgan fingerprint density at radius 3 is 2.96 bits per heavy atom. The maximum atomic E-state index is 11.3. The van der Waals surface area contributed by atoms with Crippen molar-refractivity contribution >= 4 is 0 Å². The molecule has 4 atom stereocenters. The Morgan fingerprint density at radius 2 is 2.08 bits per heavy atom. The minimum atomic E-state index is -0.672. The van der Waals surface area contributed by atoms with Crippen molar-refractivity contribution in [2.24, 2.45) is 11.8 Å². The summed E-state index contributed by atoms with van der Waals surface area (Å²) in [6.45, 7) is 4.17. The average molecular weight is 328 g/mol. The zero-order valence-electron chi connectivity index (χ0n) is 13.9. The summed E-state index contributed by atoms with van der Waals surface area (Å²) in [7, 11) is 0. The van der Waals surface area contributed by atoms with Crippen LogP contribution >= 0.6 is 0 Å². The van der Waals surface area contributed by atoms with Crippen molar-refractivity contribution < 1.29 is 14.6 Å². The molecule has 3 heterocycles. The van der Waals surface area contributed by atoms with Gasteiger partial charge in [0.25, 0.3) is 0 Å². The van der Waals surface area contributed by atoms with E-state index < -0.39 is 5.60 Å². The zero-order valence-corrected chi connectivity index (χ0v) is 13.9. The first-order valence-electron chi connectivity index (χ1n) is 8.82. The van der Waals surface area contributed by atoms with Crippen molar-refractivity contribution in [1.82, 2.24) is 4.90 Å². The van der Waals surface area contributed by atoms with Crippen LogP contribution in [-0.2, 0) is 16.0 Å². The molecule has 0 spiro atoms. The number of hydrogen-bond donors (Lipinski definition) is 1. The Kier molecular flexibility index (Phi) is 4.31. The number of aliphatic hydroxyl groups is 1. The quantitative estimate of drug-likeness (QED) is 0.892. The molecule has 0 radical (unpaired) electrons. The van der Waals surface area contributed by atoms with E-state index >= 15 is 0 Å². The molecule has 0 aliphatic carbocycles. The van der Waals surface area contributed by atoms with Crippen LogP contribution in [0.5, 0.6) is 0 Å². The van der Waals surface area contributed by atoms with Crippen molar-refractivity contribution in [3.63, 3.8) is 0 Å². The van der Waals surface area contributed by atoms with E-state index in [9.17, 15) is 10.4 Å². The van der Waals surface area contributed by atoms with Crippen molar-refractivity contribution in [3.8, 4) is 6.07 Å². The molecule has 5 nitrogen and oxygen atoms in total. The molecular formula is C19H24N2O3. The Morgan fingerprint density at radius 1 is 1.25 bits per heavy atom. The van der Waals surface area contributed by atoms with Gasteiger partial charge in [-0.25, -0.2) is 0 Å². The lowest BCUT2D eigenvalue weighted by molar-refractivity contribution is -0.221. The molecule has 5 heteroatoms. The van der Waals surface area contributed by atoms with E-state index in [0.29, 0.717) is 32.3 Å². The second-order valence-electron chi connectivity index (χ2n) is 7.25. The third-order valence-corrected chi connectivity index (χ3v) is 6.07. The van der Waals surface area contributed by atoms with Crippen LogP contribution in [0.1, 0.15) is 24.0 Å². The summed E-state index contributed by atoms with van der Waals surface area (Å²) >= 11 is 0. The smallest absolute Gasteiger partial charge is 0.0995 e. The van der Waals surface area contributed by atoms with E-state index in [2.05, 4.69) is 11.0 Å². The predicted octanol–water partition coefficient (Wildman–Crippen LogP) is 1.55. The fourth-order valence-corrected chi connectivity index (χ4v) is 4.74. The molecule has 3 fully saturated rings. The van der Waals surface area contributed by atoms with Crippen molar-refractivity contribution in [3.05, 3.63) is 35.4 Å². The standard InChI is InChI=1S/C19H24N2O3/c20-9-14-3-1-2-4-15(14)10-21-11-16-12-24-8-6-19(16,22)17-13-23-7-5-18(17)21/h1-4,16-18,22H,5-8,10-13H2/t16-,17+,18-,19-/m1/s1. The lowest BCUT2D eigenvalue weighted by Gasteiger charge is -2.57. The van der Waals surface area contributed by atoms with E-state index in [0.717, 1.165) is 37.2 Å². The van der Waals surface area contributed by atoms with E-state index in [-0.39, 0.29) is 11.8 Å². The molecule has 1 N–H and O–H groups in total. The van der Waals surface area contributed by atoms with Crippen molar-refractivity contribution in [2.45, 2.75) is 31.0 Å². The summed E-state index contributed by atoms with van der Waals surface area (Å²) in [4.78, 5) is 2.44. The van der Waals surface area contributed by atoms with Gasteiger partial charge in [0, 0.05) is 50.6 Å². The molecule has 24 heavy (non-hydrogen) atoms. The Bertz CT molecular complexity index is 644. The van der Waals surface area contributed by atoms with Gasteiger partial charge in [-0.1, -0.05) is 18.2 Å². The van der Waals surface area contributed by atoms with Crippen LogP contribution in [0.4, 0.5) is 0 Å². The molecule has 1 aromatic rings. The number of ether oxygens (including phenoxy) is 2. The van der Waals surface area contributed by atoms with Crippen LogP contribution < -0.4 is 0 Å². The Hall–Kier alpha value is -1.45. The summed E-state index contributed by atoms with van der Waals surface area (Å²) in [6, 6.07) is 10.4. The zero-order chi connectivity index (χ0) is 16.6.